The molecule has 4 rings (SSSR count). The van der Waals surface area contributed by atoms with E-state index in [0.717, 1.165) is 14.0 Å². The summed E-state index contributed by atoms with van der Waals surface area (Å²) in [4.78, 5) is 45.5. The fraction of sp³-hybridized carbons (Fsp3) is 0.217. The number of carbonyl (C=O) groups excluding carboxylic acids is 2. The van der Waals surface area contributed by atoms with Crippen LogP contribution in [-0.2, 0) is 9.59 Å². The molecule has 170 valence electrons. The Balaban J connectivity index is 1.76. The molecule has 1 aliphatic heterocycles. The molecule has 1 aliphatic rings. The first-order valence-corrected chi connectivity index (χ1v) is 11.2. The molecular formula is C23H20FIN4O4. The van der Waals surface area contributed by atoms with Crippen molar-refractivity contribution in [1.82, 2.24) is 20.2 Å². The van der Waals surface area contributed by atoms with Crippen LogP contribution in [-0.4, -0.2) is 43.9 Å². The summed E-state index contributed by atoms with van der Waals surface area (Å²) in [6.45, 7) is 1.85. The van der Waals surface area contributed by atoms with Gasteiger partial charge in [0.15, 0.2) is 0 Å². The molecule has 0 spiro atoms. The van der Waals surface area contributed by atoms with Gasteiger partial charge < -0.3 is 15.4 Å². The van der Waals surface area contributed by atoms with Crippen LogP contribution >= 0.6 is 22.6 Å². The summed E-state index contributed by atoms with van der Waals surface area (Å²) in [6.07, 6.45) is 0.934. The van der Waals surface area contributed by atoms with Crippen LogP contribution in [0.15, 0.2) is 54.7 Å². The van der Waals surface area contributed by atoms with Crippen LogP contribution in [0.25, 0.3) is 11.3 Å². The van der Waals surface area contributed by atoms with E-state index >= 15 is 0 Å². The molecule has 8 nitrogen and oxygen atoms in total. The van der Waals surface area contributed by atoms with Crippen molar-refractivity contribution < 1.29 is 23.9 Å². The van der Waals surface area contributed by atoms with Crippen molar-refractivity contribution in [3.63, 3.8) is 0 Å². The second kappa shape index (κ2) is 9.30. The Morgan fingerprint density at radius 3 is 2.64 bits per heavy atom. The lowest BCUT2D eigenvalue weighted by molar-refractivity contribution is -0.140. The zero-order chi connectivity index (χ0) is 23.7. The average Bonchev–Trinajstić information content (AvgIpc) is 3.35. The summed E-state index contributed by atoms with van der Waals surface area (Å²) in [5.41, 5.74) is 1.56. The third kappa shape index (κ3) is 4.61. The highest BCUT2D eigenvalue weighted by molar-refractivity contribution is 14.1. The van der Waals surface area contributed by atoms with E-state index in [0.29, 0.717) is 17.1 Å². The molecule has 3 aromatic rings. The number of aromatic amines is 1. The lowest BCUT2D eigenvalue weighted by atomic mass is 9.91. The molecule has 0 radical (unpaired) electrons. The third-order valence-electron chi connectivity index (χ3n) is 5.60. The Hall–Kier alpha value is -3.28. The largest absolute Gasteiger partial charge is 0.481 e. The van der Waals surface area contributed by atoms with Crippen molar-refractivity contribution in [3.05, 3.63) is 75.5 Å². The second-order valence-corrected chi connectivity index (χ2v) is 9.00. The number of nitrogens with one attached hydrogen (secondary N) is 2. The summed E-state index contributed by atoms with van der Waals surface area (Å²) in [5, 5.41) is 11.6. The maximum atomic E-state index is 14.5. The Morgan fingerprint density at radius 1 is 1.24 bits per heavy atom. The number of imidazole rings is 1. The van der Waals surface area contributed by atoms with Gasteiger partial charge in [0.2, 0.25) is 0 Å². The van der Waals surface area contributed by atoms with Gasteiger partial charge in [0.25, 0.3) is 5.91 Å². The van der Waals surface area contributed by atoms with Crippen molar-refractivity contribution in [2.75, 3.05) is 0 Å². The Morgan fingerprint density at radius 2 is 1.97 bits per heavy atom. The quantitative estimate of drug-likeness (QED) is 0.297. The van der Waals surface area contributed by atoms with Gasteiger partial charge in [0, 0.05) is 15.1 Å². The molecule has 0 saturated carbocycles. The number of halogens is 2. The Bertz CT molecular complexity index is 1220. The number of carboxylic acid groups (broad SMARTS) is 1. The van der Waals surface area contributed by atoms with E-state index in [4.69, 9.17) is 5.11 Å². The molecule has 1 saturated heterocycles. The van der Waals surface area contributed by atoms with Gasteiger partial charge >= 0.3 is 12.0 Å². The lowest BCUT2D eigenvalue weighted by Gasteiger charge is -2.29. The maximum absolute atomic E-state index is 14.5. The SMILES string of the molecule is C[C@@H](c1ccccc1)[C@@H](c1ncc(-c2ccc(I)cc2F)[nH]1)N1C(=O)N[C@H](CC(=O)O)C1=O. The number of amides is 3. The molecule has 3 N–H and O–H groups in total. The predicted molar refractivity (Wildman–Crippen MR) is 126 cm³/mol. The lowest BCUT2D eigenvalue weighted by Crippen LogP contribution is -2.38. The number of aromatic nitrogens is 2. The van der Waals surface area contributed by atoms with Gasteiger partial charge in [-0.05, 0) is 46.4 Å². The van der Waals surface area contributed by atoms with Crippen molar-refractivity contribution in [2.45, 2.75) is 31.3 Å². The van der Waals surface area contributed by atoms with Gasteiger partial charge in [-0.1, -0.05) is 37.3 Å². The fourth-order valence-electron chi connectivity index (χ4n) is 3.98. The third-order valence-corrected chi connectivity index (χ3v) is 6.28. The molecular weight excluding hydrogens is 542 g/mol. The predicted octanol–water partition coefficient (Wildman–Crippen LogP) is 4.06. The van der Waals surface area contributed by atoms with Gasteiger partial charge in [-0.15, -0.1) is 0 Å². The van der Waals surface area contributed by atoms with Gasteiger partial charge in [-0.2, -0.15) is 0 Å². The molecule has 1 fully saturated rings. The van der Waals surface area contributed by atoms with Gasteiger partial charge in [0.1, 0.15) is 23.7 Å². The highest BCUT2D eigenvalue weighted by Gasteiger charge is 2.46. The Labute approximate surface area is 202 Å². The molecule has 2 heterocycles. The number of hydrogen-bond acceptors (Lipinski definition) is 4. The number of urea groups is 1. The monoisotopic (exact) mass is 562 g/mol. The minimum atomic E-state index is -1.20. The fourth-order valence-corrected chi connectivity index (χ4v) is 4.43. The van der Waals surface area contributed by atoms with Crippen LogP contribution in [0.3, 0.4) is 0 Å². The molecule has 0 unspecified atom stereocenters. The Kier molecular flexibility index (Phi) is 6.45. The number of carbonyl (C=O) groups is 3. The molecule has 10 heteroatoms. The molecule has 1 aromatic heterocycles. The number of H-pyrrole nitrogens is 1. The first kappa shape index (κ1) is 22.9. The average molecular weight is 562 g/mol. The summed E-state index contributed by atoms with van der Waals surface area (Å²) < 4.78 is 15.3. The number of hydrogen-bond donors (Lipinski definition) is 3. The summed E-state index contributed by atoms with van der Waals surface area (Å²) >= 11 is 2.02. The van der Waals surface area contributed by atoms with Crippen LogP contribution in [0.5, 0.6) is 0 Å². The van der Waals surface area contributed by atoms with Crippen LogP contribution in [0.2, 0.25) is 0 Å². The maximum Gasteiger partial charge on any atom is 0.325 e. The van der Waals surface area contributed by atoms with Crippen LogP contribution in [0.1, 0.15) is 36.7 Å². The van der Waals surface area contributed by atoms with E-state index in [-0.39, 0.29) is 5.92 Å². The van der Waals surface area contributed by atoms with Gasteiger partial charge in [0.05, 0.1) is 18.3 Å². The molecule has 3 amide bonds. The molecule has 33 heavy (non-hydrogen) atoms. The van der Waals surface area contributed by atoms with Crippen LogP contribution in [0, 0.1) is 9.39 Å². The highest BCUT2D eigenvalue weighted by Crippen LogP contribution is 2.37. The topological polar surface area (TPSA) is 115 Å². The number of benzene rings is 2. The summed E-state index contributed by atoms with van der Waals surface area (Å²) in [5.74, 6) is -2.36. The van der Waals surface area contributed by atoms with E-state index in [9.17, 15) is 18.8 Å². The summed E-state index contributed by atoms with van der Waals surface area (Å²) in [7, 11) is 0. The number of imide groups is 1. The van der Waals surface area contributed by atoms with Crippen molar-refractivity contribution in [3.8, 4) is 11.3 Å². The number of aliphatic carboxylic acids is 1. The molecule has 2 aromatic carbocycles. The van der Waals surface area contributed by atoms with Crippen LogP contribution < -0.4 is 5.32 Å². The van der Waals surface area contributed by atoms with Crippen LogP contribution in [0.4, 0.5) is 9.18 Å². The number of carboxylic acids is 1. The second-order valence-electron chi connectivity index (χ2n) is 7.76. The van der Waals surface area contributed by atoms with Crippen molar-refractivity contribution >= 4 is 40.5 Å². The van der Waals surface area contributed by atoms with Crippen molar-refractivity contribution in [2.24, 2.45) is 0 Å². The van der Waals surface area contributed by atoms with E-state index in [2.05, 4.69) is 15.3 Å². The number of rotatable bonds is 7. The van der Waals surface area contributed by atoms with E-state index in [1.165, 1.54) is 12.3 Å². The van der Waals surface area contributed by atoms with E-state index in [1.54, 1.807) is 12.1 Å². The van der Waals surface area contributed by atoms with Crippen molar-refractivity contribution in [1.29, 1.82) is 0 Å². The van der Waals surface area contributed by atoms with Gasteiger partial charge in [-0.25, -0.2) is 14.2 Å². The standard InChI is InChI=1S/C23H20FIN4O4/c1-12(13-5-3-2-4-6-13)20(29-22(32)17(10-19(30)31)28-23(29)33)21-26-11-18(27-21)15-8-7-14(25)9-16(15)24/h2-9,11-12,17,20H,10H2,1H3,(H,26,27)(H,28,33)(H,30,31)/t12-,17+,20-/m0/s1. The first-order valence-electron chi connectivity index (χ1n) is 10.2. The van der Waals surface area contributed by atoms with E-state index in [1.807, 2.05) is 59.8 Å². The van der Waals surface area contributed by atoms with Gasteiger partial charge in [-0.3, -0.25) is 14.5 Å². The zero-order valence-electron chi connectivity index (χ0n) is 17.5. The smallest absolute Gasteiger partial charge is 0.325 e. The summed E-state index contributed by atoms with van der Waals surface area (Å²) in [6, 6.07) is 11.3. The molecule has 0 bridgehead atoms. The minimum absolute atomic E-state index is 0.291. The van der Waals surface area contributed by atoms with E-state index < -0.39 is 42.2 Å². The molecule has 3 atom stereocenters. The highest BCUT2D eigenvalue weighted by atomic mass is 127. The normalized spacial score (nSPS) is 17.7. The molecule has 0 aliphatic carbocycles. The first-order chi connectivity index (χ1) is 15.8. The number of nitrogens with zero attached hydrogens (tertiary/aromatic N) is 2. The zero-order valence-corrected chi connectivity index (χ0v) is 19.6. The minimum Gasteiger partial charge on any atom is -0.481 e.